The highest BCUT2D eigenvalue weighted by atomic mass is 16.5. The SMILES string of the molecule is COc1cc(C(O)Cc2ccoc2)ccc1C. The minimum absolute atomic E-state index is 0.540. The molecule has 0 spiro atoms. The number of hydrogen-bond acceptors (Lipinski definition) is 3. The van der Waals surface area contributed by atoms with E-state index in [-0.39, 0.29) is 0 Å². The Labute approximate surface area is 101 Å². The molecule has 1 unspecified atom stereocenters. The van der Waals surface area contributed by atoms with Crippen molar-refractivity contribution in [2.24, 2.45) is 0 Å². The van der Waals surface area contributed by atoms with Crippen LogP contribution in [0.4, 0.5) is 0 Å². The lowest BCUT2D eigenvalue weighted by Crippen LogP contribution is -2.02. The van der Waals surface area contributed by atoms with Gasteiger partial charge in [-0.15, -0.1) is 0 Å². The summed E-state index contributed by atoms with van der Waals surface area (Å²) in [4.78, 5) is 0. The van der Waals surface area contributed by atoms with Crippen molar-refractivity contribution in [2.75, 3.05) is 7.11 Å². The summed E-state index contributed by atoms with van der Waals surface area (Å²) in [5, 5.41) is 10.1. The molecule has 3 heteroatoms. The quantitative estimate of drug-likeness (QED) is 0.881. The van der Waals surface area contributed by atoms with Gasteiger partial charge in [-0.3, -0.25) is 0 Å². The van der Waals surface area contributed by atoms with Crippen LogP contribution < -0.4 is 4.74 Å². The molecule has 1 atom stereocenters. The van der Waals surface area contributed by atoms with Gasteiger partial charge in [-0.1, -0.05) is 12.1 Å². The van der Waals surface area contributed by atoms with Crippen LogP contribution >= 0.6 is 0 Å². The maximum Gasteiger partial charge on any atom is 0.122 e. The van der Waals surface area contributed by atoms with Crippen LogP contribution in [0.25, 0.3) is 0 Å². The summed E-state index contributed by atoms with van der Waals surface area (Å²) in [6.07, 6.45) is 3.26. The Morgan fingerprint density at radius 2 is 2.18 bits per heavy atom. The first-order valence-electron chi connectivity index (χ1n) is 5.54. The van der Waals surface area contributed by atoms with Crippen LogP contribution in [-0.2, 0) is 6.42 Å². The Morgan fingerprint density at radius 3 is 2.82 bits per heavy atom. The van der Waals surface area contributed by atoms with E-state index in [4.69, 9.17) is 9.15 Å². The van der Waals surface area contributed by atoms with Crippen molar-refractivity contribution in [3.8, 4) is 5.75 Å². The molecule has 1 aromatic carbocycles. The van der Waals surface area contributed by atoms with Crippen molar-refractivity contribution >= 4 is 0 Å². The number of hydrogen-bond donors (Lipinski definition) is 1. The van der Waals surface area contributed by atoms with Gasteiger partial charge in [0, 0.05) is 6.42 Å². The van der Waals surface area contributed by atoms with Gasteiger partial charge in [0.05, 0.1) is 25.7 Å². The van der Waals surface area contributed by atoms with E-state index < -0.39 is 6.10 Å². The highest BCUT2D eigenvalue weighted by Gasteiger charge is 2.11. The molecular formula is C14H16O3. The van der Waals surface area contributed by atoms with E-state index in [9.17, 15) is 5.11 Å². The molecule has 1 heterocycles. The van der Waals surface area contributed by atoms with Gasteiger partial charge >= 0.3 is 0 Å². The van der Waals surface area contributed by atoms with Crippen molar-refractivity contribution in [1.29, 1.82) is 0 Å². The van der Waals surface area contributed by atoms with Gasteiger partial charge in [0.2, 0.25) is 0 Å². The summed E-state index contributed by atoms with van der Waals surface area (Å²) < 4.78 is 10.2. The molecule has 2 aromatic rings. The van der Waals surface area contributed by atoms with Gasteiger partial charge in [-0.05, 0) is 35.7 Å². The van der Waals surface area contributed by atoms with Crippen LogP contribution in [0.1, 0.15) is 22.8 Å². The van der Waals surface area contributed by atoms with E-state index in [1.165, 1.54) is 0 Å². The van der Waals surface area contributed by atoms with E-state index >= 15 is 0 Å². The van der Waals surface area contributed by atoms with Crippen LogP contribution in [0.3, 0.4) is 0 Å². The molecule has 0 aliphatic rings. The molecule has 1 N–H and O–H groups in total. The topological polar surface area (TPSA) is 42.6 Å². The Hall–Kier alpha value is -1.74. The maximum absolute atomic E-state index is 10.1. The second kappa shape index (κ2) is 5.06. The zero-order valence-corrected chi connectivity index (χ0v) is 10.0. The third kappa shape index (κ3) is 2.68. The number of ether oxygens (including phenoxy) is 1. The number of aliphatic hydroxyl groups is 1. The minimum atomic E-state index is -0.540. The lowest BCUT2D eigenvalue weighted by molar-refractivity contribution is 0.178. The summed E-state index contributed by atoms with van der Waals surface area (Å²) in [6, 6.07) is 7.60. The van der Waals surface area contributed by atoms with Crippen LogP contribution in [-0.4, -0.2) is 12.2 Å². The van der Waals surface area contributed by atoms with Gasteiger partial charge in [0.25, 0.3) is 0 Å². The first kappa shape index (κ1) is 11.7. The molecule has 0 saturated carbocycles. The number of rotatable bonds is 4. The Bertz CT molecular complexity index is 474. The average Bonchev–Trinajstić information content (AvgIpc) is 2.82. The monoisotopic (exact) mass is 232 g/mol. The largest absolute Gasteiger partial charge is 0.496 e. The number of furan rings is 1. The minimum Gasteiger partial charge on any atom is -0.496 e. The summed E-state index contributed by atoms with van der Waals surface area (Å²) in [5.41, 5.74) is 2.90. The zero-order valence-electron chi connectivity index (χ0n) is 10.0. The van der Waals surface area contributed by atoms with E-state index in [2.05, 4.69) is 0 Å². The third-order valence-electron chi connectivity index (χ3n) is 2.83. The van der Waals surface area contributed by atoms with Crippen LogP contribution in [0.5, 0.6) is 5.75 Å². The molecule has 90 valence electrons. The Kier molecular flexibility index (Phi) is 3.49. The van der Waals surface area contributed by atoms with E-state index in [1.54, 1.807) is 19.6 Å². The molecule has 2 rings (SSSR count). The van der Waals surface area contributed by atoms with Crippen LogP contribution in [0.15, 0.2) is 41.2 Å². The van der Waals surface area contributed by atoms with Crippen molar-refractivity contribution in [3.05, 3.63) is 53.5 Å². The van der Waals surface area contributed by atoms with Crippen molar-refractivity contribution in [1.82, 2.24) is 0 Å². The first-order valence-corrected chi connectivity index (χ1v) is 5.54. The van der Waals surface area contributed by atoms with Crippen LogP contribution in [0, 0.1) is 6.92 Å². The van der Waals surface area contributed by atoms with Crippen LogP contribution in [0.2, 0.25) is 0 Å². The summed E-state index contributed by atoms with van der Waals surface area (Å²) >= 11 is 0. The molecule has 17 heavy (non-hydrogen) atoms. The number of benzene rings is 1. The van der Waals surface area contributed by atoms with Crippen molar-refractivity contribution in [3.63, 3.8) is 0 Å². The molecule has 0 amide bonds. The normalized spacial score (nSPS) is 12.4. The molecule has 0 saturated heterocycles. The lowest BCUT2D eigenvalue weighted by Gasteiger charge is -2.12. The van der Waals surface area contributed by atoms with Gasteiger partial charge in [0.1, 0.15) is 5.75 Å². The highest BCUT2D eigenvalue weighted by molar-refractivity contribution is 5.37. The average molecular weight is 232 g/mol. The van der Waals surface area contributed by atoms with Gasteiger partial charge < -0.3 is 14.3 Å². The predicted molar refractivity (Wildman–Crippen MR) is 65.1 cm³/mol. The molecular weight excluding hydrogens is 216 g/mol. The van der Waals surface area contributed by atoms with E-state index in [0.29, 0.717) is 6.42 Å². The molecule has 0 bridgehead atoms. The Balaban J connectivity index is 2.16. The van der Waals surface area contributed by atoms with Gasteiger partial charge in [-0.25, -0.2) is 0 Å². The van der Waals surface area contributed by atoms with Gasteiger partial charge in [0.15, 0.2) is 0 Å². The zero-order chi connectivity index (χ0) is 12.3. The fourth-order valence-electron chi connectivity index (χ4n) is 1.79. The second-order valence-electron chi connectivity index (χ2n) is 4.08. The molecule has 3 nitrogen and oxygen atoms in total. The highest BCUT2D eigenvalue weighted by Crippen LogP contribution is 2.25. The fraction of sp³-hybridized carbons (Fsp3) is 0.286. The van der Waals surface area contributed by atoms with E-state index in [0.717, 1.165) is 22.4 Å². The van der Waals surface area contributed by atoms with Crippen molar-refractivity contribution < 1.29 is 14.3 Å². The number of methoxy groups -OCH3 is 1. The molecule has 1 aromatic heterocycles. The summed E-state index contributed by atoms with van der Waals surface area (Å²) in [5.74, 6) is 0.800. The smallest absolute Gasteiger partial charge is 0.122 e. The first-order chi connectivity index (χ1) is 8.20. The molecule has 0 aliphatic heterocycles. The third-order valence-corrected chi connectivity index (χ3v) is 2.83. The number of aliphatic hydroxyl groups excluding tert-OH is 1. The summed E-state index contributed by atoms with van der Waals surface area (Å²) in [6.45, 7) is 1.98. The molecule has 0 fully saturated rings. The number of aryl methyl sites for hydroxylation is 1. The molecule has 0 radical (unpaired) electrons. The Morgan fingerprint density at radius 1 is 1.35 bits per heavy atom. The molecule has 0 aliphatic carbocycles. The standard InChI is InChI=1S/C14H16O3/c1-10-3-4-12(8-14(10)16-2)13(15)7-11-5-6-17-9-11/h3-6,8-9,13,15H,7H2,1-2H3. The lowest BCUT2D eigenvalue weighted by atomic mass is 10.0. The maximum atomic E-state index is 10.1. The van der Waals surface area contributed by atoms with Crippen molar-refractivity contribution in [2.45, 2.75) is 19.4 Å². The fourth-order valence-corrected chi connectivity index (χ4v) is 1.79. The van der Waals surface area contributed by atoms with E-state index in [1.807, 2.05) is 31.2 Å². The predicted octanol–water partition coefficient (Wildman–Crippen LogP) is 2.87. The van der Waals surface area contributed by atoms with Gasteiger partial charge in [-0.2, -0.15) is 0 Å². The second-order valence-corrected chi connectivity index (χ2v) is 4.08. The summed E-state index contributed by atoms with van der Waals surface area (Å²) in [7, 11) is 1.63.